The summed E-state index contributed by atoms with van der Waals surface area (Å²) in [4.78, 5) is 2.37. The Morgan fingerprint density at radius 1 is 1.31 bits per heavy atom. The molecule has 0 N–H and O–H groups in total. The number of rotatable bonds is 1. The lowest BCUT2D eigenvalue weighted by Crippen LogP contribution is -2.49. The minimum Gasteiger partial charge on any atom is -0.379 e. The Morgan fingerprint density at radius 3 is 2.46 bits per heavy atom. The number of nitrogens with zero attached hydrogens (tertiary/aromatic N) is 1. The number of morpholine rings is 1. The molecule has 0 radical (unpaired) electrons. The van der Waals surface area contributed by atoms with Crippen molar-refractivity contribution in [2.75, 3.05) is 32.6 Å². The normalized spacial score (nSPS) is 19.3. The first-order valence-electron chi connectivity index (χ1n) is 4.55. The van der Waals surface area contributed by atoms with Gasteiger partial charge in [0.25, 0.3) is 0 Å². The molecule has 0 aromatic heterocycles. The molecule has 1 aliphatic rings. The van der Waals surface area contributed by atoms with E-state index in [1.54, 1.807) is 11.8 Å². The van der Waals surface area contributed by atoms with E-state index >= 15 is 0 Å². The summed E-state index contributed by atoms with van der Waals surface area (Å²) in [6.07, 6.45) is 2.00. The fraction of sp³-hybridized carbons (Fsp3) is 0.800. The summed E-state index contributed by atoms with van der Waals surface area (Å²) in [5, 5.41) is 3.07. The summed E-state index contributed by atoms with van der Waals surface area (Å²) < 4.78 is 5.30. The molecule has 1 saturated heterocycles. The number of hydrogen-bond donors (Lipinski definition) is 0. The van der Waals surface area contributed by atoms with E-state index in [1.807, 2.05) is 6.26 Å². The van der Waals surface area contributed by atoms with E-state index in [2.05, 4.69) is 29.9 Å². The minimum atomic E-state index is -0.00715. The fourth-order valence-corrected chi connectivity index (χ4v) is 1.73. The SMILES string of the molecule is CSC#CC(C)(C)N1CCOCC1. The molecule has 1 fully saturated rings. The summed E-state index contributed by atoms with van der Waals surface area (Å²) >= 11 is 1.57. The van der Waals surface area contributed by atoms with Crippen LogP contribution in [-0.4, -0.2) is 43.0 Å². The zero-order valence-corrected chi connectivity index (χ0v) is 9.41. The van der Waals surface area contributed by atoms with Gasteiger partial charge in [0, 0.05) is 13.1 Å². The van der Waals surface area contributed by atoms with Crippen LogP contribution >= 0.6 is 11.8 Å². The van der Waals surface area contributed by atoms with Crippen molar-refractivity contribution in [3.05, 3.63) is 0 Å². The average molecular weight is 199 g/mol. The van der Waals surface area contributed by atoms with Crippen LogP contribution in [0.15, 0.2) is 0 Å². The highest BCUT2D eigenvalue weighted by molar-refractivity contribution is 8.03. The molecule has 0 aromatic carbocycles. The monoisotopic (exact) mass is 199 g/mol. The lowest BCUT2D eigenvalue weighted by atomic mass is 10.0. The third-order valence-electron chi connectivity index (χ3n) is 2.26. The first-order chi connectivity index (χ1) is 6.17. The molecule has 0 atom stereocenters. The maximum atomic E-state index is 5.30. The van der Waals surface area contributed by atoms with Crippen LogP contribution in [0.25, 0.3) is 0 Å². The Kier molecular flexibility index (Phi) is 4.11. The topological polar surface area (TPSA) is 12.5 Å². The van der Waals surface area contributed by atoms with E-state index in [1.165, 1.54) is 0 Å². The van der Waals surface area contributed by atoms with Crippen LogP contribution in [0.3, 0.4) is 0 Å². The Hall–Kier alpha value is -0.170. The summed E-state index contributed by atoms with van der Waals surface area (Å²) in [6, 6.07) is 0. The van der Waals surface area contributed by atoms with Crippen LogP contribution in [0.1, 0.15) is 13.8 Å². The molecule has 0 aliphatic carbocycles. The number of ether oxygens (including phenoxy) is 1. The van der Waals surface area contributed by atoms with E-state index in [0.717, 1.165) is 26.3 Å². The van der Waals surface area contributed by atoms with Crippen LogP contribution in [0.5, 0.6) is 0 Å². The average Bonchev–Trinajstić information content (AvgIpc) is 2.16. The maximum Gasteiger partial charge on any atom is 0.0779 e. The molecule has 1 heterocycles. The highest BCUT2D eigenvalue weighted by atomic mass is 32.2. The summed E-state index contributed by atoms with van der Waals surface area (Å²) in [5.41, 5.74) is -0.00715. The van der Waals surface area contributed by atoms with Gasteiger partial charge in [0.2, 0.25) is 0 Å². The predicted octanol–water partition coefficient (Wildman–Crippen LogP) is 1.42. The summed E-state index contributed by atoms with van der Waals surface area (Å²) in [6.45, 7) is 8.00. The van der Waals surface area contributed by atoms with Gasteiger partial charge < -0.3 is 4.74 Å². The zero-order valence-electron chi connectivity index (χ0n) is 8.59. The molecular formula is C10H17NOS. The highest BCUT2D eigenvalue weighted by Crippen LogP contribution is 2.15. The second kappa shape index (κ2) is 4.90. The number of hydrogen-bond acceptors (Lipinski definition) is 3. The van der Waals surface area contributed by atoms with Crippen molar-refractivity contribution in [2.45, 2.75) is 19.4 Å². The van der Waals surface area contributed by atoms with Gasteiger partial charge in [-0.05, 0) is 25.4 Å². The van der Waals surface area contributed by atoms with Gasteiger partial charge in [-0.15, -0.1) is 0 Å². The van der Waals surface area contributed by atoms with E-state index in [4.69, 9.17) is 4.74 Å². The smallest absolute Gasteiger partial charge is 0.0779 e. The highest BCUT2D eigenvalue weighted by Gasteiger charge is 2.25. The molecule has 0 bridgehead atoms. The van der Waals surface area contributed by atoms with Gasteiger partial charge in [0.05, 0.1) is 18.8 Å². The van der Waals surface area contributed by atoms with Gasteiger partial charge >= 0.3 is 0 Å². The van der Waals surface area contributed by atoms with Gasteiger partial charge in [-0.25, -0.2) is 0 Å². The third-order valence-corrected chi connectivity index (χ3v) is 2.57. The van der Waals surface area contributed by atoms with Crippen LogP contribution in [0, 0.1) is 11.2 Å². The van der Waals surface area contributed by atoms with Crippen molar-refractivity contribution >= 4 is 11.8 Å². The van der Waals surface area contributed by atoms with E-state index in [-0.39, 0.29) is 5.54 Å². The molecule has 2 nitrogen and oxygen atoms in total. The van der Waals surface area contributed by atoms with Gasteiger partial charge in [0.15, 0.2) is 0 Å². The van der Waals surface area contributed by atoms with Gasteiger partial charge in [-0.2, -0.15) is 0 Å². The van der Waals surface area contributed by atoms with Crippen molar-refractivity contribution in [3.8, 4) is 11.2 Å². The molecule has 0 aromatic rings. The van der Waals surface area contributed by atoms with Crippen molar-refractivity contribution in [3.63, 3.8) is 0 Å². The Bertz CT molecular complexity index is 211. The van der Waals surface area contributed by atoms with E-state index < -0.39 is 0 Å². The van der Waals surface area contributed by atoms with Crippen molar-refractivity contribution in [2.24, 2.45) is 0 Å². The Labute approximate surface area is 85.0 Å². The van der Waals surface area contributed by atoms with Gasteiger partial charge in [0.1, 0.15) is 0 Å². The van der Waals surface area contributed by atoms with Crippen LogP contribution in [0.4, 0.5) is 0 Å². The molecule has 13 heavy (non-hydrogen) atoms. The second-order valence-electron chi connectivity index (χ2n) is 3.59. The first-order valence-corrected chi connectivity index (χ1v) is 5.77. The van der Waals surface area contributed by atoms with Crippen molar-refractivity contribution < 1.29 is 4.74 Å². The lowest BCUT2D eigenvalue weighted by molar-refractivity contribution is 0.00741. The molecule has 74 valence electrons. The van der Waals surface area contributed by atoms with Crippen LogP contribution in [0.2, 0.25) is 0 Å². The standard InChI is InChI=1S/C10H17NOS/c1-10(2,4-9-13-3)11-5-7-12-8-6-11/h5-8H2,1-3H3. The molecular weight excluding hydrogens is 182 g/mol. The minimum absolute atomic E-state index is 0.00715. The van der Waals surface area contributed by atoms with Crippen LogP contribution in [-0.2, 0) is 4.74 Å². The fourth-order valence-electron chi connectivity index (χ4n) is 1.38. The Balaban J connectivity index is 2.55. The molecule has 1 aliphatic heterocycles. The molecule has 0 spiro atoms. The summed E-state index contributed by atoms with van der Waals surface area (Å²) in [5.74, 6) is 3.26. The molecule has 0 unspecified atom stereocenters. The molecule has 0 amide bonds. The lowest BCUT2D eigenvalue weighted by Gasteiger charge is -2.37. The van der Waals surface area contributed by atoms with E-state index in [0.29, 0.717) is 0 Å². The predicted molar refractivity (Wildman–Crippen MR) is 57.8 cm³/mol. The van der Waals surface area contributed by atoms with Crippen molar-refractivity contribution in [1.29, 1.82) is 0 Å². The molecule has 0 saturated carbocycles. The maximum absolute atomic E-state index is 5.30. The van der Waals surface area contributed by atoms with Crippen LogP contribution < -0.4 is 0 Å². The van der Waals surface area contributed by atoms with Gasteiger partial charge in [-0.1, -0.05) is 17.7 Å². The zero-order chi connectivity index (χ0) is 9.73. The van der Waals surface area contributed by atoms with Gasteiger partial charge in [-0.3, -0.25) is 4.90 Å². The molecule has 3 heteroatoms. The largest absolute Gasteiger partial charge is 0.379 e. The first kappa shape index (κ1) is 10.9. The quantitative estimate of drug-likeness (QED) is 0.593. The summed E-state index contributed by atoms with van der Waals surface area (Å²) in [7, 11) is 0. The third kappa shape index (κ3) is 3.22. The Morgan fingerprint density at radius 2 is 1.92 bits per heavy atom. The van der Waals surface area contributed by atoms with Crippen molar-refractivity contribution in [1.82, 2.24) is 4.90 Å². The number of thioether (sulfide) groups is 1. The molecule has 1 rings (SSSR count). The second-order valence-corrected chi connectivity index (χ2v) is 4.20. The van der Waals surface area contributed by atoms with E-state index in [9.17, 15) is 0 Å².